The van der Waals surface area contributed by atoms with Crippen molar-refractivity contribution in [1.82, 2.24) is 4.90 Å². The fraction of sp³-hybridized carbons (Fsp3) is 0.389. The van der Waals surface area contributed by atoms with Crippen molar-refractivity contribution < 1.29 is 14.3 Å². The van der Waals surface area contributed by atoms with Gasteiger partial charge >= 0.3 is 5.97 Å². The molecule has 1 aromatic carbocycles. The Morgan fingerprint density at radius 1 is 1.36 bits per heavy atom. The molecule has 2 aliphatic rings. The Balaban J connectivity index is 2.12. The van der Waals surface area contributed by atoms with Crippen LogP contribution in [0.1, 0.15) is 38.8 Å². The fourth-order valence-electron chi connectivity index (χ4n) is 2.90. The number of carbonyl (C=O) groups excluding carboxylic acids is 2. The van der Waals surface area contributed by atoms with Gasteiger partial charge in [-0.25, -0.2) is 9.79 Å². The number of amidine groups is 1. The Hall–Kier alpha value is -1.79. The zero-order chi connectivity index (χ0) is 18.1. The predicted molar refractivity (Wildman–Crippen MR) is 99.5 cm³/mol. The summed E-state index contributed by atoms with van der Waals surface area (Å²) in [6.45, 7) is 5.37. The monoisotopic (exact) mass is 378 g/mol. The van der Waals surface area contributed by atoms with Crippen molar-refractivity contribution in [3.63, 3.8) is 0 Å². The van der Waals surface area contributed by atoms with E-state index in [1.165, 1.54) is 11.8 Å². The van der Waals surface area contributed by atoms with Crippen molar-refractivity contribution in [3.05, 3.63) is 46.1 Å². The molecule has 0 N–H and O–H groups in total. The summed E-state index contributed by atoms with van der Waals surface area (Å²) < 4.78 is 5.41. The van der Waals surface area contributed by atoms with Crippen LogP contribution in [0.5, 0.6) is 0 Å². The molecule has 0 radical (unpaired) electrons. The first kappa shape index (κ1) is 18.0. The molecule has 1 atom stereocenters. The molecule has 3 rings (SSSR count). The molecule has 0 spiro atoms. The lowest BCUT2D eigenvalue weighted by atomic mass is 9.94. The molecule has 5 nitrogen and oxygen atoms in total. The number of esters is 1. The second kappa shape index (κ2) is 7.22. The fourth-order valence-corrected chi connectivity index (χ4v) is 4.03. The molecule has 1 saturated heterocycles. The zero-order valence-electron chi connectivity index (χ0n) is 14.3. The standard InChI is InChI=1S/C18H19ClN2O3S/c1-10(2)24-17(23)15-11(3)20-18-21(14(22)8-9-25-18)16(15)12-4-6-13(19)7-5-12/h4-7,10,16H,8-9H2,1-3H3/t16-/m1/s1. The molecule has 1 fully saturated rings. The lowest BCUT2D eigenvalue weighted by molar-refractivity contribution is -0.143. The maximum atomic E-state index is 12.7. The average molecular weight is 379 g/mol. The number of rotatable bonds is 3. The van der Waals surface area contributed by atoms with Gasteiger partial charge in [0.2, 0.25) is 5.91 Å². The van der Waals surface area contributed by atoms with Crippen LogP contribution in [0, 0.1) is 0 Å². The molecule has 132 valence electrons. The molecule has 2 heterocycles. The summed E-state index contributed by atoms with van der Waals surface area (Å²) in [6, 6.07) is 6.63. The first-order valence-electron chi connectivity index (χ1n) is 8.09. The summed E-state index contributed by atoms with van der Waals surface area (Å²) >= 11 is 7.53. The summed E-state index contributed by atoms with van der Waals surface area (Å²) in [4.78, 5) is 31.4. The summed E-state index contributed by atoms with van der Waals surface area (Å²) in [5, 5.41) is 1.23. The van der Waals surface area contributed by atoms with E-state index < -0.39 is 12.0 Å². The summed E-state index contributed by atoms with van der Waals surface area (Å²) in [7, 11) is 0. The zero-order valence-corrected chi connectivity index (χ0v) is 15.9. The molecule has 0 saturated carbocycles. The smallest absolute Gasteiger partial charge is 0.338 e. The van der Waals surface area contributed by atoms with Gasteiger partial charge in [0.15, 0.2) is 5.17 Å². The van der Waals surface area contributed by atoms with Crippen molar-refractivity contribution in [3.8, 4) is 0 Å². The largest absolute Gasteiger partial charge is 0.459 e. The lowest BCUT2D eigenvalue weighted by Crippen LogP contribution is -2.46. The minimum Gasteiger partial charge on any atom is -0.459 e. The van der Waals surface area contributed by atoms with E-state index in [0.717, 1.165) is 5.56 Å². The average Bonchev–Trinajstić information content (AvgIpc) is 2.53. The van der Waals surface area contributed by atoms with E-state index in [0.29, 0.717) is 33.6 Å². The van der Waals surface area contributed by atoms with Crippen LogP contribution in [-0.4, -0.2) is 33.8 Å². The highest BCUT2D eigenvalue weighted by Gasteiger charge is 2.41. The SMILES string of the molecule is CC1=C(C(=O)OC(C)C)[C@@H](c2ccc(Cl)cc2)N2C(=O)CCSC2=N1. The number of carbonyl (C=O) groups is 2. The molecular weight excluding hydrogens is 360 g/mol. The highest BCUT2D eigenvalue weighted by molar-refractivity contribution is 8.14. The van der Waals surface area contributed by atoms with E-state index in [1.54, 1.807) is 37.8 Å². The molecule has 7 heteroatoms. The molecule has 0 aromatic heterocycles. The topological polar surface area (TPSA) is 59.0 Å². The van der Waals surface area contributed by atoms with E-state index in [4.69, 9.17) is 16.3 Å². The number of hydrogen-bond acceptors (Lipinski definition) is 5. The third kappa shape index (κ3) is 3.60. The maximum Gasteiger partial charge on any atom is 0.338 e. The van der Waals surface area contributed by atoms with Crippen molar-refractivity contribution in [1.29, 1.82) is 0 Å². The van der Waals surface area contributed by atoms with Crippen LogP contribution in [0.4, 0.5) is 0 Å². The van der Waals surface area contributed by atoms with E-state index in [9.17, 15) is 9.59 Å². The minimum atomic E-state index is -0.545. The van der Waals surface area contributed by atoms with Crippen LogP contribution < -0.4 is 0 Å². The van der Waals surface area contributed by atoms with Gasteiger partial charge in [-0.05, 0) is 38.5 Å². The normalized spacial score (nSPS) is 20.5. The Labute approximate surface area is 156 Å². The quantitative estimate of drug-likeness (QED) is 0.747. The minimum absolute atomic E-state index is 0.0419. The van der Waals surface area contributed by atoms with E-state index in [1.807, 2.05) is 12.1 Å². The number of nitrogens with zero attached hydrogens (tertiary/aromatic N) is 2. The number of allylic oxidation sites excluding steroid dienone is 1. The number of aliphatic imine (C=N–C) groups is 1. The number of halogens is 1. The van der Waals surface area contributed by atoms with Crippen molar-refractivity contribution in [2.75, 3.05) is 5.75 Å². The number of hydrogen-bond donors (Lipinski definition) is 0. The molecule has 2 aliphatic heterocycles. The summed E-state index contributed by atoms with van der Waals surface area (Å²) in [5.41, 5.74) is 1.79. The number of fused-ring (bicyclic) bond motifs is 1. The number of benzene rings is 1. The van der Waals surface area contributed by atoms with Crippen LogP contribution in [0.25, 0.3) is 0 Å². The van der Waals surface area contributed by atoms with Crippen molar-refractivity contribution >= 4 is 40.4 Å². The molecular formula is C18H19ClN2O3S. The van der Waals surface area contributed by atoms with E-state index >= 15 is 0 Å². The summed E-state index contributed by atoms with van der Waals surface area (Å²) in [5.74, 6) is 0.207. The Morgan fingerprint density at radius 2 is 2.04 bits per heavy atom. The number of ether oxygens (including phenoxy) is 1. The predicted octanol–water partition coefficient (Wildman–Crippen LogP) is 3.94. The van der Waals surface area contributed by atoms with Crippen LogP contribution in [0.3, 0.4) is 0 Å². The first-order valence-corrected chi connectivity index (χ1v) is 9.45. The van der Waals surface area contributed by atoms with Gasteiger partial charge in [-0.15, -0.1) is 0 Å². The van der Waals surface area contributed by atoms with E-state index in [2.05, 4.69) is 4.99 Å². The third-order valence-corrected chi connectivity index (χ3v) is 5.16. The van der Waals surface area contributed by atoms with Gasteiger partial charge in [-0.1, -0.05) is 35.5 Å². The Morgan fingerprint density at radius 3 is 2.68 bits per heavy atom. The van der Waals surface area contributed by atoms with Gasteiger partial charge in [0.1, 0.15) is 0 Å². The molecule has 25 heavy (non-hydrogen) atoms. The molecule has 0 bridgehead atoms. The van der Waals surface area contributed by atoms with Gasteiger partial charge in [-0.2, -0.15) is 0 Å². The molecule has 1 amide bonds. The van der Waals surface area contributed by atoms with Crippen molar-refractivity contribution in [2.45, 2.75) is 39.3 Å². The van der Waals surface area contributed by atoms with Crippen LogP contribution >= 0.6 is 23.4 Å². The summed E-state index contributed by atoms with van der Waals surface area (Å²) in [6.07, 6.45) is 0.162. The van der Waals surface area contributed by atoms with Gasteiger partial charge in [0.25, 0.3) is 0 Å². The molecule has 0 unspecified atom stereocenters. The van der Waals surface area contributed by atoms with Crippen LogP contribution in [0.15, 0.2) is 40.5 Å². The van der Waals surface area contributed by atoms with Gasteiger partial charge in [-0.3, -0.25) is 9.69 Å². The number of amides is 1. The van der Waals surface area contributed by atoms with Crippen LogP contribution in [-0.2, 0) is 14.3 Å². The van der Waals surface area contributed by atoms with Crippen LogP contribution in [0.2, 0.25) is 5.02 Å². The molecule has 1 aromatic rings. The van der Waals surface area contributed by atoms with Crippen molar-refractivity contribution in [2.24, 2.45) is 4.99 Å². The van der Waals surface area contributed by atoms with Gasteiger partial charge in [0.05, 0.1) is 23.4 Å². The van der Waals surface area contributed by atoms with Gasteiger partial charge in [0, 0.05) is 17.2 Å². The Kier molecular flexibility index (Phi) is 5.20. The molecule has 0 aliphatic carbocycles. The second-order valence-corrected chi connectivity index (χ2v) is 7.66. The Bertz CT molecular complexity index is 771. The first-order chi connectivity index (χ1) is 11.9. The van der Waals surface area contributed by atoms with E-state index in [-0.39, 0.29) is 12.0 Å². The maximum absolute atomic E-state index is 12.7. The second-order valence-electron chi connectivity index (χ2n) is 6.16. The highest BCUT2D eigenvalue weighted by atomic mass is 35.5. The van der Waals surface area contributed by atoms with Gasteiger partial charge < -0.3 is 4.74 Å². The highest BCUT2D eigenvalue weighted by Crippen LogP contribution is 2.40. The lowest BCUT2D eigenvalue weighted by Gasteiger charge is -2.39. The third-order valence-electron chi connectivity index (χ3n) is 3.96. The number of thioether (sulfide) groups is 1.